The fourth-order valence-corrected chi connectivity index (χ4v) is 2.86. The van der Waals surface area contributed by atoms with Crippen LogP contribution in [0.15, 0.2) is 41.4 Å². The molecular formula is C22H32IN3O3. The zero-order chi connectivity index (χ0) is 20.4. The van der Waals surface area contributed by atoms with Gasteiger partial charge in [0.2, 0.25) is 0 Å². The molecule has 0 bridgehead atoms. The molecule has 0 heterocycles. The number of ether oxygens (including phenoxy) is 3. The van der Waals surface area contributed by atoms with Crippen molar-refractivity contribution in [2.75, 3.05) is 34.4 Å². The summed E-state index contributed by atoms with van der Waals surface area (Å²) in [6.07, 6.45) is 0.843. The molecule has 0 radical (unpaired) electrons. The SMILES string of the molecule is CCOc1cc(C)ccc1CNC(=NC)NCCc1ccc(OC)c(OC)c1.I. The van der Waals surface area contributed by atoms with Crippen molar-refractivity contribution in [1.29, 1.82) is 0 Å². The van der Waals surface area contributed by atoms with E-state index >= 15 is 0 Å². The minimum absolute atomic E-state index is 0. The lowest BCUT2D eigenvalue weighted by Crippen LogP contribution is -2.37. The molecule has 0 saturated carbocycles. The van der Waals surface area contributed by atoms with Gasteiger partial charge in [-0.1, -0.05) is 18.2 Å². The summed E-state index contributed by atoms with van der Waals surface area (Å²) in [5.74, 6) is 3.14. The molecule has 0 amide bonds. The highest BCUT2D eigenvalue weighted by Gasteiger charge is 2.07. The van der Waals surface area contributed by atoms with Crippen molar-refractivity contribution in [3.63, 3.8) is 0 Å². The van der Waals surface area contributed by atoms with Gasteiger partial charge in [0.05, 0.1) is 20.8 Å². The van der Waals surface area contributed by atoms with Gasteiger partial charge >= 0.3 is 0 Å². The molecule has 2 rings (SSSR count). The number of rotatable bonds is 9. The number of aryl methyl sites for hydroxylation is 1. The smallest absolute Gasteiger partial charge is 0.191 e. The standard InChI is InChI=1S/C22H31N3O3.HI/c1-6-28-20-13-16(2)7-9-18(20)15-25-22(23-3)24-12-11-17-8-10-19(26-4)21(14-17)27-5;/h7-10,13-14H,6,11-12,15H2,1-5H3,(H2,23,24,25);1H. The maximum atomic E-state index is 5.74. The van der Waals surface area contributed by atoms with Gasteiger partial charge in [0.1, 0.15) is 5.75 Å². The van der Waals surface area contributed by atoms with E-state index in [1.54, 1.807) is 21.3 Å². The summed E-state index contributed by atoms with van der Waals surface area (Å²) in [6.45, 7) is 6.10. The molecule has 7 heteroatoms. The van der Waals surface area contributed by atoms with E-state index in [1.165, 1.54) is 5.56 Å². The quantitative estimate of drug-likeness (QED) is 0.302. The predicted octanol–water partition coefficient (Wildman–Crippen LogP) is 3.94. The lowest BCUT2D eigenvalue weighted by Gasteiger charge is -2.15. The summed E-state index contributed by atoms with van der Waals surface area (Å²) >= 11 is 0. The molecule has 2 aromatic carbocycles. The van der Waals surface area contributed by atoms with E-state index in [1.807, 2.05) is 25.1 Å². The summed E-state index contributed by atoms with van der Waals surface area (Å²) in [6, 6.07) is 12.2. The second-order valence-corrected chi connectivity index (χ2v) is 6.34. The molecule has 2 aromatic rings. The summed E-state index contributed by atoms with van der Waals surface area (Å²) in [5.41, 5.74) is 3.46. The van der Waals surface area contributed by atoms with Crippen molar-refractivity contribution in [3.05, 3.63) is 53.1 Å². The van der Waals surface area contributed by atoms with Crippen LogP contribution in [0.5, 0.6) is 17.2 Å². The van der Waals surface area contributed by atoms with Gasteiger partial charge in [-0.3, -0.25) is 4.99 Å². The molecule has 6 nitrogen and oxygen atoms in total. The number of nitrogens with one attached hydrogen (secondary N) is 2. The van der Waals surface area contributed by atoms with Crippen molar-refractivity contribution in [2.24, 2.45) is 4.99 Å². The largest absolute Gasteiger partial charge is 0.494 e. The van der Waals surface area contributed by atoms with Crippen LogP contribution in [0.2, 0.25) is 0 Å². The molecule has 0 aromatic heterocycles. The first-order valence-corrected chi connectivity index (χ1v) is 9.49. The maximum absolute atomic E-state index is 5.74. The molecular weight excluding hydrogens is 481 g/mol. The lowest BCUT2D eigenvalue weighted by atomic mass is 10.1. The average molecular weight is 513 g/mol. The first kappa shape index (κ1) is 24.9. The number of nitrogens with zero attached hydrogens (tertiary/aromatic N) is 1. The molecule has 29 heavy (non-hydrogen) atoms. The van der Waals surface area contributed by atoms with Gasteiger partial charge in [-0.15, -0.1) is 24.0 Å². The Balaban J connectivity index is 0.00000420. The fraction of sp³-hybridized carbons (Fsp3) is 0.409. The average Bonchev–Trinajstić information content (AvgIpc) is 2.71. The van der Waals surface area contributed by atoms with E-state index in [2.05, 4.69) is 40.7 Å². The zero-order valence-electron chi connectivity index (χ0n) is 17.9. The van der Waals surface area contributed by atoms with Crippen LogP contribution in [0.3, 0.4) is 0 Å². The Labute approximate surface area is 191 Å². The van der Waals surface area contributed by atoms with Crippen molar-refractivity contribution in [3.8, 4) is 17.2 Å². The van der Waals surface area contributed by atoms with E-state index in [9.17, 15) is 0 Å². The van der Waals surface area contributed by atoms with Crippen molar-refractivity contribution in [1.82, 2.24) is 10.6 Å². The first-order chi connectivity index (χ1) is 13.6. The Morgan fingerprint density at radius 2 is 1.72 bits per heavy atom. The van der Waals surface area contributed by atoms with E-state index in [0.29, 0.717) is 13.2 Å². The van der Waals surface area contributed by atoms with Crippen molar-refractivity contribution >= 4 is 29.9 Å². The monoisotopic (exact) mass is 513 g/mol. The fourth-order valence-electron chi connectivity index (χ4n) is 2.86. The number of halogens is 1. The molecule has 0 aliphatic rings. The topological polar surface area (TPSA) is 64.1 Å². The highest BCUT2D eigenvalue weighted by Crippen LogP contribution is 2.27. The zero-order valence-corrected chi connectivity index (χ0v) is 20.2. The van der Waals surface area contributed by atoms with Gasteiger partial charge < -0.3 is 24.8 Å². The van der Waals surface area contributed by atoms with E-state index in [-0.39, 0.29) is 24.0 Å². The van der Waals surface area contributed by atoms with Crippen molar-refractivity contribution in [2.45, 2.75) is 26.8 Å². The Kier molecular flexibility index (Phi) is 11.3. The summed E-state index contributed by atoms with van der Waals surface area (Å²) in [5, 5.41) is 6.69. The van der Waals surface area contributed by atoms with Gasteiger partial charge in [0.25, 0.3) is 0 Å². The van der Waals surface area contributed by atoms with Gasteiger partial charge in [-0.25, -0.2) is 0 Å². The van der Waals surface area contributed by atoms with Gasteiger partial charge in [-0.05, 0) is 49.6 Å². The molecule has 2 N–H and O–H groups in total. The predicted molar refractivity (Wildman–Crippen MR) is 129 cm³/mol. The summed E-state index contributed by atoms with van der Waals surface area (Å²) < 4.78 is 16.4. The number of benzene rings is 2. The lowest BCUT2D eigenvalue weighted by molar-refractivity contribution is 0.336. The molecule has 0 spiro atoms. The minimum Gasteiger partial charge on any atom is -0.494 e. The first-order valence-electron chi connectivity index (χ1n) is 9.49. The Morgan fingerprint density at radius 1 is 0.966 bits per heavy atom. The third kappa shape index (κ3) is 7.64. The highest BCUT2D eigenvalue weighted by molar-refractivity contribution is 14.0. The number of methoxy groups -OCH3 is 2. The third-order valence-electron chi connectivity index (χ3n) is 4.35. The van der Waals surface area contributed by atoms with E-state index in [0.717, 1.165) is 47.3 Å². The second kappa shape index (κ2) is 13.1. The van der Waals surface area contributed by atoms with Crippen LogP contribution in [0.1, 0.15) is 23.6 Å². The van der Waals surface area contributed by atoms with Crippen LogP contribution in [-0.4, -0.2) is 40.4 Å². The van der Waals surface area contributed by atoms with Crippen LogP contribution in [0.4, 0.5) is 0 Å². The van der Waals surface area contributed by atoms with Gasteiger partial charge in [-0.2, -0.15) is 0 Å². The normalized spacial score (nSPS) is 10.7. The summed E-state index contributed by atoms with van der Waals surface area (Å²) in [7, 11) is 5.05. The number of guanidine groups is 1. The second-order valence-electron chi connectivity index (χ2n) is 6.34. The highest BCUT2D eigenvalue weighted by atomic mass is 127. The molecule has 0 atom stereocenters. The number of hydrogen-bond acceptors (Lipinski definition) is 4. The van der Waals surface area contributed by atoms with Crippen LogP contribution < -0.4 is 24.8 Å². The molecule has 0 aliphatic carbocycles. The van der Waals surface area contributed by atoms with Gasteiger partial charge in [0, 0.05) is 25.7 Å². The molecule has 0 fully saturated rings. The van der Waals surface area contributed by atoms with E-state index < -0.39 is 0 Å². The molecule has 160 valence electrons. The van der Waals surface area contributed by atoms with Crippen LogP contribution in [-0.2, 0) is 13.0 Å². The molecule has 0 saturated heterocycles. The van der Waals surface area contributed by atoms with E-state index in [4.69, 9.17) is 14.2 Å². The Bertz CT molecular complexity index is 797. The minimum atomic E-state index is 0. The summed E-state index contributed by atoms with van der Waals surface area (Å²) in [4.78, 5) is 4.30. The number of hydrogen-bond donors (Lipinski definition) is 2. The Hall–Kier alpha value is -2.16. The molecule has 0 aliphatic heterocycles. The van der Waals surface area contributed by atoms with Crippen LogP contribution >= 0.6 is 24.0 Å². The van der Waals surface area contributed by atoms with Crippen LogP contribution in [0.25, 0.3) is 0 Å². The van der Waals surface area contributed by atoms with Gasteiger partial charge in [0.15, 0.2) is 17.5 Å². The third-order valence-corrected chi connectivity index (χ3v) is 4.35. The Morgan fingerprint density at radius 3 is 2.38 bits per heavy atom. The van der Waals surface area contributed by atoms with Crippen LogP contribution in [0, 0.1) is 6.92 Å². The number of aliphatic imine (C=N–C) groups is 1. The van der Waals surface area contributed by atoms with Crippen molar-refractivity contribution < 1.29 is 14.2 Å². The molecule has 0 unspecified atom stereocenters. The maximum Gasteiger partial charge on any atom is 0.191 e.